The van der Waals surface area contributed by atoms with E-state index in [1.165, 1.54) is 0 Å². The van der Waals surface area contributed by atoms with Crippen molar-refractivity contribution < 1.29 is 9.47 Å². The minimum Gasteiger partial charge on any atom is -0.486 e. The van der Waals surface area contributed by atoms with Crippen molar-refractivity contribution in [2.75, 3.05) is 34.3 Å². The molecule has 106 valence electrons. The third-order valence-corrected chi connectivity index (χ3v) is 2.69. The Morgan fingerprint density at radius 2 is 2.05 bits per heavy atom. The van der Waals surface area contributed by atoms with Crippen molar-refractivity contribution in [3.63, 3.8) is 0 Å². The number of nitrogens with one attached hydrogen (secondary N) is 1. The van der Waals surface area contributed by atoms with Gasteiger partial charge < -0.3 is 19.7 Å². The number of ether oxygens (including phenoxy) is 2. The molecule has 5 nitrogen and oxygen atoms in total. The molecule has 1 unspecified atom stereocenters. The number of para-hydroxylation sites is 2. The van der Waals surface area contributed by atoms with E-state index < -0.39 is 0 Å². The first-order valence-electron chi connectivity index (χ1n) is 5.97. The lowest BCUT2D eigenvalue weighted by molar-refractivity contribution is 0.0933. The zero-order valence-electron chi connectivity index (χ0n) is 11.4. The Labute approximate surface area is 131 Å². The van der Waals surface area contributed by atoms with Crippen LogP contribution in [0.2, 0.25) is 0 Å². The van der Waals surface area contributed by atoms with E-state index >= 15 is 0 Å². The molecule has 0 aromatic heterocycles. The number of aliphatic imine (C=N–C) groups is 1. The highest BCUT2D eigenvalue weighted by atomic mass is 127. The Morgan fingerprint density at radius 3 is 2.68 bits per heavy atom. The minimum absolute atomic E-state index is 0. The van der Waals surface area contributed by atoms with Gasteiger partial charge in [0.05, 0.1) is 6.54 Å². The minimum atomic E-state index is -0.00315. The summed E-state index contributed by atoms with van der Waals surface area (Å²) >= 11 is 0. The van der Waals surface area contributed by atoms with Crippen molar-refractivity contribution in [1.29, 1.82) is 0 Å². The second-order valence-corrected chi connectivity index (χ2v) is 4.32. The van der Waals surface area contributed by atoms with Crippen LogP contribution in [0.25, 0.3) is 0 Å². The molecule has 1 aliphatic rings. The van der Waals surface area contributed by atoms with Crippen LogP contribution < -0.4 is 14.8 Å². The van der Waals surface area contributed by atoms with Gasteiger partial charge in [0.1, 0.15) is 12.7 Å². The number of rotatable bonds is 2. The molecule has 1 aliphatic heterocycles. The van der Waals surface area contributed by atoms with Crippen molar-refractivity contribution in [3.05, 3.63) is 24.3 Å². The van der Waals surface area contributed by atoms with E-state index in [-0.39, 0.29) is 30.1 Å². The van der Waals surface area contributed by atoms with E-state index in [4.69, 9.17) is 9.47 Å². The van der Waals surface area contributed by atoms with E-state index in [1.54, 1.807) is 7.05 Å². The predicted octanol–water partition coefficient (Wildman–Crippen LogP) is 1.58. The molecule has 0 fully saturated rings. The Bertz CT molecular complexity index is 438. The second-order valence-electron chi connectivity index (χ2n) is 4.32. The highest BCUT2D eigenvalue weighted by Crippen LogP contribution is 2.30. The van der Waals surface area contributed by atoms with Gasteiger partial charge in [-0.15, -0.1) is 24.0 Å². The fourth-order valence-electron chi connectivity index (χ4n) is 1.81. The molecule has 6 heteroatoms. The van der Waals surface area contributed by atoms with Gasteiger partial charge >= 0.3 is 0 Å². The SMILES string of the molecule is CN=C(NCC1COc2ccccc2O1)N(C)C.I. The lowest BCUT2D eigenvalue weighted by Gasteiger charge is -2.27. The largest absolute Gasteiger partial charge is 0.486 e. The quantitative estimate of drug-likeness (QED) is 0.483. The number of fused-ring (bicyclic) bond motifs is 1. The first-order chi connectivity index (χ1) is 8.70. The Morgan fingerprint density at radius 1 is 1.37 bits per heavy atom. The normalized spacial score (nSPS) is 17.4. The molecule has 1 heterocycles. The summed E-state index contributed by atoms with van der Waals surface area (Å²) in [5, 5.41) is 3.24. The molecule has 0 saturated carbocycles. The summed E-state index contributed by atoms with van der Waals surface area (Å²) in [6, 6.07) is 7.71. The molecule has 0 saturated heterocycles. The molecule has 0 bridgehead atoms. The van der Waals surface area contributed by atoms with Crippen molar-refractivity contribution in [2.24, 2.45) is 4.99 Å². The number of hydrogen-bond acceptors (Lipinski definition) is 3. The van der Waals surface area contributed by atoms with Gasteiger partial charge in [0.25, 0.3) is 0 Å². The first kappa shape index (κ1) is 15.9. The summed E-state index contributed by atoms with van der Waals surface area (Å²) in [4.78, 5) is 6.08. The van der Waals surface area contributed by atoms with E-state index in [0.717, 1.165) is 17.5 Å². The number of halogens is 1. The van der Waals surface area contributed by atoms with Gasteiger partial charge in [0.2, 0.25) is 0 Å². The molecular formula is C13H20IN3O2. The number of hydrogen-bond donors (Lipinski definition) is 1. The van der Waals surface area contributed by atoms with E-state index in [0.29, 0.717) is 13.2 Å². The van der Waals surface area contributed by atoms with Crippen molar-refractivity contribution in [1.82, 2.24) is 10.2 Å². The summed E-state index contributed by atoms with van der Waals surface area (Å²) in [6.07, 6.45) is -0.00315. The third kappa shape index (κ3) is 4.15. The standard InChI is InChI=1S/C13H19N3O2.HI/c1-14-13(16(2)3)15-8-10-9-17-11-6-4-5-7-12(11)18-10;/h4-7,10H,8-9H2,1-3H3,(H,14,15);1H. The third-order valence-electron chi connectivity index (χ3n) is 2.69. The van der Waals surface area contributed by atoms with Gasteiger partial charge in [0, 0.05) is 21.1 Å². The summed E-state index contributed by atoms with van der Waals surface area (Å²) in [5.41, 5.74) is 0. The number of guanidine groups is 1. The number of benzene rings is 1. The van der Waals surface area contributed by atoms with Crippen molar-refractivity contribution >= 4 is 29.9 Å². The smallest absolute Gasteiger partial charge is 0.193 e. The van der Waals surface area contributed by atoms with Gasteiger partial charge in [-0.1, -0.05) is 12.1 Å². The fraction of sp³-hybridized carbons (Fsp3) is 0.462. The van der Waals surface area contributed by atoms with Crippen LogP contribution >= 0.6 is 24.0 Å². The summed E-state index contributed by atoms with van der Waals surface area (Å²) < 4.78 is 11.5. The first-order valence-corrected chi connectivity index (χ1v) is 5.97. The van der Waals surface area contributed by atoms with E-state index in [9.17, 15) is 0 Å². The van der Waals surface area contributed by atoms with Gasteiger partial charge in [-0.2, -0.15) is 0 Å². The number of nitrogens with zero attached hydrogens (tertiary/aromatic N) is 2. The molecule has 19 heavy (non-hydrogen) atoms. The molecule has 0 amide bonds. The molecule has 1 aromatic rings. The van der Waals surface area contributed by atoms with Crippen molar-refractivity contribution in [3.8, 4) is 11.5 Å². The zero-order valence-corrected chi connectivity index (χ0v) is 13.8. The van der Waals surface area contributed by atoms with Gasteiger partial charge in [-0.3, -0.25) is 4.99 Å². The van der Waals surface area contributed by atoms with Crippen LogP contribution in [0.1, 0.15) is 0 Å². The lowest BCUT2D eigenvalue weighted by atomic mass is 10.2. The summed E-state index contributed by atoms with van der Waals surface area (Å²) in [7, 11) is 5.65. The molecule has 0 radical (unpaired) electrons. The Hall–Kier alpha value is -1.18. The molecular weight excluding hydrogens is 357 g/mol. The average Bonchev–Trinajstić information content (AvgIpc) is 2.39. The maximum Gasteiger partial charge on any atom is 0.193 e. The molecule has 1 atom stereocenters. The van der Waals surface area contributed by atoms with Gasteiger partial charge in [-0.25, -0.2) is 0 Å². The van der Waals surface area contributed by atoms with Crippen LogP contribution in [-0.4, -0.2) is 51.3 Å². The zero-order chi connectivity index (χ0) is 13.0. The summed E-state index contributed by atoms with van der Waals surface area (Å²) in [6.45, 7) is 1.22. The highest BCUT2D eigenvalue weighted by Gasteiger charge is 2.20. The molecule has 1 N–H and O–H groups in total. The highest BCUT2D eigenvalue weighted by molar-refractivity contribution is 14.0. The Kier molecular flexibility index (Phi) is 6.20. The van der Waals surface area contributed by atoms with Crippen LogP contribution in [0, 0.1) is 0 Å². The van der Waals surface area contributed by atoms with Gasteiger partial charge in [-0.05, 0) is 12.1 Å². The van der Waals surface area contributed by atoms with Crippen LogP contribution in [0.15, 0.2) is 29.3 Å². The molecule has 1 aromatic carbocycles. The van der Waals surface area contributed by atoms with Crippen LogP contribution in [0.4, 0.5) is 0 Å². The maximum absolute atomic E-state index is 5.85. The van der Waals surface area contributed by atoms with Crippen LogP contribution in [-0.2, 0) is 0 Å². The Balaban J connectivity index is 0.00000180. The molecule has 0 aliphatic carbocycles. The maximum atomic E-state index is 5.85. The fourth-order valence-corrected chi connectivity index (χ4v) is 1.81. The topological polar surface area (TPSA) is 46.1 Å². The van der Waals surface area contributed by atoms with E-state index in [2.05, 4.69) is 10.3 Å². The van der Waals surface area contributed by atoms with Gasteiger partial charge in [0.15, 0.2) is 17.5 Å². The monoisotopic (exact) mass is 377 g/mol. The van der Waals surface area contributed by atoms with Crippen molar-refractivity contribution in [2.45, 2.75) is 6.10 Å². The van der Waals surface area contributed by atoms with E-state index in [1.807, 2.05) is 43.3 Å². The molecule has 0 spiro atoms. The van der Waals surface area contributed by atoms with Crippen LogP contribution in [0.3, 0.4) is 0 Å². The average molecular weight is 377 g/mol. The van der Waals surface area contributed by atoms with Crippen LogP contribution in [0.5, 0.6) is 11.5 Å². The lowest BCUT2D eigenvalue weighted by Crippen LogP contribution is -2.44. The predicted molar refractivity (Wildman–Crippen MR) is 86.8 cm³/mol. The summed E-state index contributed by atoms with van der Waals surface area (Å²) in [5.74, 6) is 2.44. The molecule has 2 rings (SSSR count). The second kappa shape index (κ2) is 7.42.